The summed E-state index contributed by atoms with van der Waals surface area (Å²) in [4.78, 5) is 33.3. The van der Waals surface area contributed by atoms with Crippen LogP contribution in [0.2, 0.25) is 0 Å². The van der Waals surface area contributed by atoms with E-state index < -0.39 is 0 Å². The highest BCUT2D eigenvalue weighted by Crippen LogP contribution is 2.30. The maximum absolute atomic E-state index is 13.5. The number of rotatable bonds is 10. The van der Waals surface area contributed by atoms with E-state index in [4.69, 9.17) is 14.5 Å². The second-order valence-corrected chi connectivity index (χ2v) is 9.91. The molecule has 1 amide bonds. The van der Waals surface area contributed by atoms with Crippen LogP contribution < -0.4 is 15.0 Å². The number of carbonyl (C=O) groups excluding carboxylic acids is 1. The second-order valence-electron chi connectivity index (χ2n) is 8.97. The average Bonchev–Trinajstić information content (AvgIpc) is 2.81. The highest BCUT2D eigenvalue weighted by atomic mass is 32.2. The molecule has 0 atom stereocenters. The molecule has 3 aromatic rings. The summed E-state index contributed by atoms with van der Waals surface area (Å²) < 4.78 is 12.3. The lowest BCUT2D eigenvalue weighted by Crippen LogP contribution is -2.38. The summed E-state index contributed by atoms with van der Waals surface area (Å²) >= 11 is 1.27. The van der Waals surface area contributed by atoms with Crippen molar-refractivity contribution in [2.75, 3.05) is 33.1 Å². The Labute approximate surface area is 205 Å². The number of aromatic nitrogens is 2. The third-order valence-electron chi connectivity index (χ3n) is 5.22. The number of fused-ring (bicyclic) bond motifs is 1. The maximum atomic E-state index is 13.5. The van der Waals surface area contributed by atoms with Gasteiger partial charge in [-0.2, -0.15) is 0 Å². The summed E-state index contributed by atoms with van der Waals surface area (Å²) in [6, 6.07) is 12.5. The molecule has 0 saturated heterocycles. The van der Waals surface area contributed by atoms with Crippen LogP contribution in [0.15, 0.2) is 52.4 Å². The van der Waals surface area contributed by atoms with Gasteiger partial charge >= 0.3 is 0 Å². The number of para-hydroxylation sites is 1. The van der Waals surface area contributed by atoms with Gasteiger partial charge in [-0.3, -0.25) is 14.2 Å². The molecule has 0 aliphatic heterocycles. The van der Waals surface area contributed by atoms with E-state index in [1.54, 1.807) is 38.5 Å². The number of hydrogen-bond donors (Lipinski definition) is 0. The number of thioether (sulfide) groups is 1. The van der Waals surface area contributed by atoms with Crippen molar-refractivity contribution in [3.63, 3.8) is 0 Å². The molecule has 0 unspecified atom stereocenters. The van der Waals surface area contributed by atoms with Crippen LogP contribution in [0, 0.1) is 11.8 Å². The molecule has 34 heavy (non-hydrogen) atoms. The maximum Gasteiger partial charge on any atom is 0.266 e. The summed E-state index contributed by atoms with van der Waals surface area (Å²) in [6.45, 7) is 9.82. The Hall–Kier alpha value is -3.00. The van der Waals surface area contributed by atoms with Crippen molar-refractivity contribution in [3.8, 4) is 17.2 Å². The Morgan fingerprint density at radius 2 is 1.65 bits per heavy atom. The first-order valence-electron chi connectivity index (χ1n) is 11.4. The van der Waals surface area contributed by atoms with Gasteiger partial charge in [-0.05, 0) is 36.1 Å². The number of methoxy groups -OCH3 is 2. The Kier molecular flexibility index (Phi) is 8.61. The molecule has 1 heterocycles. The molecule has 0 saturated carbocycles. The van der Waals surface area contributed by atoms with E-state index in [9.17, 15) is 9.59 Å². The Morgan fingerprint density at radius 1 is 1.00 bits per heavy atom. The van der Waals surface area contributed by atoms with Crippen LogP contribution in [0.5, 0.6) is 11.5 Å². The minimum Gasteiger partial charge on any atom is -0.493 e. The van der Waals surface area contributed by atoms with Crippen LogP contribution in [0.25, 0.3) is 16.6 Å². The number of carbonyl (C=O) groups is 1. The summed E-state index contributed by atoms with van der Waals surface area (Å²) in [5.41, 5.74) is 0.992. The van der Waals surface area contributed by atoms with Crippen LogP contribution in [0.3, 0.4) is 0 Å². The second kappa shape index (κ2) is 11.4. The van der Waals surface area contributed by atoms with E-state index >= 15 is 0 Å². The fourth-order valence-electron chi connectivity index (χ4n) is 3.78. The van der Waals surface area contributed by atoms with Gasteiger partial charge in [0.2, 0.25) is 5.91 Å². The predicted molar refractivity (Wildman–Crippen MR) is 137 cm³/mol. The summed E-state index contributed by atoms with van der Waals surface area (Å²) in [5, 5.41) is 0.965. The van der Waals surface area contributed by atoms with E-state index in [0.717, 1.165) is 0 Å². The van der Waals surface area contributed by atoms with E-state index in [1.165, 1.54) is 16.3 Å². The SMILES string of the molecule is COc1ccc(-n2c(SCC(=O)N(CC(C)C)CC(C)C)nc3ccccc3c2=O)cc1OC. The highest BCUT2D eigenvalue weighted by Gasteiger charge is 2.20. The van der Waals surface area contributed by atoms with Crippen LogP contribution in [-0.2, 0) is 4.79 Å². The van der Waals surface area contributed by atoms with Gasteiger partial charge in [0, 0.05) is 19.2 Å². The van der Waals surface area contributed by atoms with Crippen molar-refractivity contribution in [2.45, 2.75) is 32.9 Å². The number of benzene rings is 2. The van der Waals surface area contributed by atoms with Crippen molar-refractivity contribution < 1.29 is 14.3 Å². The average molecular weight is 484 g/mol. The molecule has 3 rings (SSSR count). The fraction of sp³-hybridized carbons (Fsp3) is 0.423. The third kappa shape index (κ3) is 5.91. The lowest BCUT2D eigenvalue weighted by Gasteiger charge is -2.26. The summed E-state index contributed by atoms with van der Waals surface area (Å²) in [7, 11) is 3.11. The molecule has 0 N–H and O–H groups in total. The first-order chi connectivity index (χ1) is 16.2. The molecular formula is C26H33N3O4S. The molecule has 0 spiro atoms. The molecule has 2 aromatic carbocycles. The minimum absolute atomic E-state index is 0.0358. The number of amides is 1. The van der Waals surface area contributed by atoms with Crippen molar-refractivity contribution in [1.29, 1.82) is 0 Å². The van der Waals surface area contributed by atoms with Crippen LogP contribution in [0.4, 0.5) is 0 Å². The smallest absolute Gasteiger partial charge is 0.266 e. The van der Waals surface area contributed by atoms with Crippen molar-refractivity contribution in [1.82, 2.24) is 14.5 Å². The molecule has 0 bridgehead atoms. The van der Waals surface area contributed by atoms with Gasteiger partial charge in [0.25, 0.3) is 5.56 Å². The van der Waals surface area contributed by atoms with Crippen molar-refractivity contribution in [3.05, 3.63) is 52.8 Å². The molecular weight excluding hydrogens is 450 g/mol. The monoisotopic (exact) mass is 483 g/mol. The number of hydrogen-bond acceptors (Lipinski definition) is 6. The van der Waals surface area contributed by atoms with Gasteiger partial charge in [-0.15, -0.1) is 0 Å². The van der Waals surface area contributed by atoms with Crippen LogP contribution in [0.1, 0.15) is 27.7 Å². The van der Waals surface area contributed by atoms with Gasteiger partial charge in [0.05, 0.1) is 36.6 Å². The third-order valence-corrected chi connectivity index (χ3v) is 6.14. The van der Waals surface area contributed by atoms with Crippen LogP contribution >= 0.6 is 11.8 Å². The van der Waals surface area contributed by atoms with Gasteiger partial charge in [0.15, 0.2) is 16.7 Å². The minimum atomic E-state index is -0.200. The predicted octanol–water partition coefficient (Wildman–Crippen LogP) is 4.64. The van der Waals surface area contributed by atoms with E-state index in [2.05, 4.69) is 27.7 Å². The molecule has 0 radical (unpaired) electrons. The van der Waals surface area contributed by atoms with Gasteiger partial charge in [-0.1, -0.05) is 51.6 Å². The zero-order valence-electron chi connectivity index (χ0n) is 20.7. The molecule has 0 aliphatic carbocycles. The Morgan fingerprint density at radius 3 is 2.26 bits per heavy atom. The molecule has 7 nitrogen and oxygen atoms in total. The van der Waals surface area contributed by atoms with Gasteiger partial charge < -0.3 is 14.4 Å². The van der Waals surface area contributed by atoms with Crippen LogP contribution in [-0.4, -0.2) is 53.4 Å². The fourth-order valence-corrected chi connectivity index (χ4v) is 4.69. The number of nitrogens with zero attached hydrogens (tertiary/aromatic N) is 3. The lowest BCUT2D eigenvalue weighted by molar-refractivity contribution is -0.129. The molecule has 0 aliphatic rings. The first-order valence-corrected chi connectivity index (χ1v) is 12.4. The van der Waals surface area contributed by atoms with Gasteiger partial charge in [0.1, 0.15) is 0 Å². The van der Waals surface area contributed by atoms with E-state index in [0.29, 0.717) is 58.2 Å². The molecule has 8 heteroatoms. The zero-order valence-corrected chi connectivity index (χ0v) is 21.5. The Balaban J connectivity index is 2.03. The molecule has 0 fully saturated rings. The Bertz CT molecular complexity index is 1200. The van der Waals surface area contributed by atoms with E-state index in [-0.39, 0.29) is 17.2 Å². The van der Waals surface area contributed by atoms with Crippen molar-refractivity contribution >= 4 is 28.6 Å². The van der Waals surface area contributed by atoms with Gasteiger partial charge in [-0.25, -0.2) is 4.98 Å². The normalized spacial score (nSPS) is 11.3. The van der Waals surface area contributed by atoms with E-state index in [1.807, 2.05) is 23.1 Å². The standard InChI is InChI=1S/C26H33N3O4S/c1-17(2)14-28(15-18(3)4)24(30)16-34-26-27-21-10-8-7-9-20(21)25(31)29(26)19-11-12-22(32-5)23(13-19)33-6/h7-13,17-18H,14-16H2,1-6H3. The molecule has 182 valence electrons. The summed E-state index contributed by atoms with van der Waals surface area (Å²) in [6.07, 6.45) is 0. The summed E-state index contributed by atoms with van der Waals surface area (Å²) in [5.74, 6) is 2.04. The quantitative estimate of drug-likeness (QED) is 0.309. The lowest BCUT2D eigenvalue weighted by atomic mass is 10.1. The molecule has 1 aromatic heterocycles. The topological polar surface area (TPSA) is 73.7 Å². The zero-order chi connectivity index (χ0) is 24.8. The largest absolute Gasteiger partial charge is 0.493 e. The first kappa shape index (κ1) is 25.6. The highest BCUT2D eigenvalue weighted by molar-refractivity contribution is 7.99. The van der Waals surface area contributed by atoms with Crippen molar-refractivity contribution in [2.24, 2.45) is 11.8 Å². The number of ether oxygens (including phenoxy) is 2.